The number of ether oxygens (including phenoxy) is 1. The largest absolute Gasteiger partial charge is 0.455 e. The van der Waals surface area contributed by atoms with Gasteiger partial charge in [-0.25, -0.2) is 4.79 Å². The van der Waals surface area contributed by atoms with E-state index in [4.69, 9.17) is 4.74 Å². The van der Waals surface area contributed by atoms with Gasteiger partial charge in [-0.15, -0.1) is 0 Å². The zero-order chi connectivity index (χ0) is 18.5. The molecular weight excluding hydrogens is 331 g/mol. The Hall–Kier alpha value is -1.51. The molecule has 0 spiro atoms. The van der Waals surface area contributed by atoms with Crippen molar-refractivity contribution < 1.29 is 9.53 Å². The molecular formula is C24H33BO2. The van der Waals surface area contributed by atoms with Crippen LogP contribution in [0, 0.1) is 5.92 Å². The Kier molecular flexibility index (Phi) is 6.37. The second-order valence-corrected chi connectivity index (χ2v) is 9.01. The molecule has 0 amide bonds. The predicted octanol–water partition coefficient (Wildman–Crippen LogP) is 6.56. The van der Waals surface area contributed by atoms with Crippen LogP contribution in [0.1, 0.15) is 74.6 Å². The minimum Gasteiger partial charge on any atom is -0.455 e. The molecule has 0 N–H and O–H groups in total. The van der Waals surface area contributed by atoms with E-state index in [9.17, 15) is 4.79 Å². The first kappa shape index (κ1) is 18.8. The average Bonchev–Trinajstić information content (AvgIpc) is 2.70. The molecule has 0 radical (unpaired) electrons. The van der Waals surface area contributed by atoms with Gasteiger partial charge in [-0.3, -0.25) is 0 Å². The molecule has 0 aromatic heterocycles. The van der Waals surface area contributed by atoms with E-state index in [-0.39, 0.29) is 12.1 Å². The van der Waals surface area contributed by atoms with Crippen molar-refractivity contribution in [2.24, 2.45) is 5.92 Å². The summed E-state index contributed by atoms with van der Waals surface area (Å²) in [5.74, 6) is 2.56. The minimum atomic E-state index is -0.201. The topological polar surface area (TPSA) is 26.3 Å². The lowest BCUT2D eigenvalue weighted by molar-refractivity contribution is 0.0359. The summed E-state index contributed by atoms with van der Waals surface area (Å²) in [5.41, 5.74) is 0.644. The Morgan fingerprint density at radius 1 is 0.926 bits per heavy atom. The molecule has 27 heavy (non-hydrogen) atoms. The Labute approximate surface area is 164 Å². The van der Waals surface area contributed by atoms with Crippen molar-refractivity contribution in [3.8, 4) is 0 Å². The van der Waals surface area contributed by atoms with Gasteiger partial charge in [-0.05, 0) is 43.4 Å². The highest BCUT2D eigenvalue weighted by Crippen LogP contribution is 2.48. The van der Waals surface area contributed by atoms with Crippen molar-refractivity contribution in [1.82, 2.24) is 0 Å². The van der Waals surface area contributed by atoms with Crippen LogP contribution in [0.3, 0.4) is 0 Å². The number of carbonyl (C=O) groups excluding carboxylic acids is 1. The van der Waals surface area contributed by atoms with E-state index in [1.54, 1.807) is 0 Å². The van der Waals surface area contributed by atoms with Gasteiger partial charge in [-0.1, -0.05) is 87.2 Å². The number of benzene rings is 1. The van der Waals surface area contributed by atoms with E-state index < -0.39 is 0 Å². The highest BCUT2D eigenvalue weighted by Gasteiger charge is 2.38. The summed E-state index contributed by atoms with van der Waals surface area (Å²) in [4.78, 5) is 12.2. The maximum Gasteiger partial charge on any atom is 0.338 e. The molecule has 3 heteroatoms. The standard InChI is InChI=1S/C24H33BO2/c26-24(20-8-2-1-3-9-20)27-23-16-14-19(15-17-23)7-6-18-25-21-10-4-11-22(25)13-5-12-21/h1-3,8-9,14,16,19,21-23H,4-7,10-13,15,17-18H2/t19-,21?,22?,23+/m1/s1. The van der Waals surface area contributed by atoms with E-state index in [1.807, 2.05) is 30.3 Å². The molecule has 1 aromatic rings. The number of fused-ring (bicyclic) bond motifs is 2. The summed E-state index contributed by atoms with van der Waals surface area (Å²) >= 11 is 0. The van der Waals surface area contributed by atoms with Gasteiger partial charge in [0.15, 0.2) is 0 Å². The van der Waals surface area contributed by atoms with Crippen LogP contribution in [0.5, 0.6) is 0 Å². The maximum absolute atomic E-state index is 12.2. The van der Waals surface area contributed by atoms with Gasteiger partial charge in [0.25, 0.3) is 0 Å². The number of carbonyl (C=O) groups is 1. The summed E-state index contributed by atoms with van der Waals surface area (Å²) in [6.45, 7) is 1.03. The number of hydrogen-bond donors (Lipinski definition) is 0. The van der Waals surface area contributed by atoms with E-state index in [0.717, 1.165) is 31.2 Å². The maximum atomic E-state index is 12.2. The first-order valence-corrected chi connectivity index (χ1v) is 11.2. The highest BCUT2D eigenvalue weighted by atomic mass is 16.5. The third-order valence-corrected chi connectivity index (χ3v) is 7.31. The molecule has 2 atom stereocenters. The second kappa shape index (κ2) is 9.12. The SMILES string of the molecule is O=C(O[C@H]1C=C[C@@H](CCCB2C3CCCC2CCC3)CC1)c1ccccc1. The lowest BCUT2D eigenvalue weighted by atomic mass is 9.25. The van der Waals surface area contributed by atoms with Gasteiger partial charge in [-0.2, -0.15) is 0 Å². The van der Waals surface area contributed by atoms with E-state index >= 15 is 0 Å². The summed E-state index contributed by atoms with van der Waals surface area (Å²) in [6.07, 6.45) is 19.6. The smallest absolute Gasteiger partial charge is 0.338 e. The van der Waals surface area contributed by atoms with Crippen molar-refractivity contribution in [3.63, 3.8) is 0 Å². The molecule has 2 bridgehead atoms. The number of esters is 1. The Morgan fingerprint density at radius 2 is 1.63 bits per heavy atom. The molecule has 4 rings (SSSR count). The Balaban J connectivity index is 1.20. The molecule has 0 unspecified atom stereocenters. The van der Waals surface area contributed by atoms with Gasteiger partial charge in [0.05, 0.1) is 5.56 Å². The molecule has 3 aliphatic rings. The average molecular weight is 364 g/mol. The summed E-state index contributed by atoms with van der Waals surface area (Å²) < 4.78 is 5.65. The predicted molar refractivity (Wildman–Crippen MR) is 113 cm³/mol. The lowest BCUT2D eigenvalue weighted by Gasteiger charge is -2.40. The fourth-order valence-electron chi connectivity index (χ4n) is 5.87. The first-order valence-electron chi connectivity index (χ1n) is 11.2. The van der Waals surface area contributed by atoms with Gasteiger partial charge in [0.2, 0.25) is 0 Å². The molecule has 2 nitrogen and oxygen atoms in total. The van der Waals surface area contributed by atoms with Gasteiger partial charge in [0, 0.05) is 0 Å². The molecule has 2 heterocycles. The van der Waals surface area contributed by atoms with Gasteiger partial charge < -0.3 is 4.74 Å². The molecule has 2 saturated heterocycles. The van der Waals surface area contributed by atoms with Gasteiger partial charge in [0.1, 0.15) is 12.8 Å². The number of rotatable bonds is 6. The van der Waals surface area contributed by atoms with Gasteiger partial charge >= 0.3 is 5.97 Å². The summed E-state index contributed by atoms with van der Waals surface area (Å²) in [5, 5.41) is 0. The van der Waals surface area contributed by atoms with Crippen LogP contribution in [-0.4, -0.2) is 18.8 Å². The molecule has 1 aliphatic carbocycles. The molecule has 1 aromatic carbocycles. The fourth-order valence-corrected chi connectivity index (χ4v) is 5.87. The summed E-state index contributed by atoms with van der Waals surface area (Å²) in [6, 6.07) is 9.31. The van der Waals surface area contributed by atoms with Crippen LogP contribution in [0.4, 0.5) is 0 Å². The Morgan fingerprint density at radius 3 is 2.26 bits per heavy atom. The molecule has 0 saturated carbocycles. The molecule has 2 aliphatic heterocycles. The lowest BCUT2D eigenvalue weighted by Crippen LogP contribution is -2.34. The third-order valence-electron chi connectivity index (χ3n) is 7.31. The monoisotopic (exact) mass is 364 g/mol. The van der Waals surface area contributed by atoms with E-state index in [1.165, 1.54) is 57.7 Å². The van der Waals surface area contributed by atoms with Crippen LogP contribution >= 0.6 is 0 Å². The van der Waals surface area contributed by atoms with Crippen molar-refractivity contribution in [2.75, 3.05) is 0 Å². The van der Waals surface area contributed by atoms with Crippen molar-refractivity contribution in [1.29, 1.82) is 0 Å². The van der Waals surface area contributed by atoms with E-state index in [0.29, 0.717) is 11.5 Å². The van der Waals surface area contributed by atoms with E-state index in [2.05, 4.69) is 12.2 Å². The first-order chi connectivity index (χ1) is 13.3. The zero-order valence-electron chi connectivity index (χ0n) is 16.5. The second-order valence-electron chi connectivity index (χ2n) is 9.01. The normalized spacial score (nSPS) is 30.1. The highest BCUT2D eigenvalue weighted by molar-refractivity contribution is 6.62. The Bertz CT molecular complexity index is 619. The minimum absolute atomic E-state index is 0.0494. The third kappa shape index (κ3) is 4.86. The van der Waals surface area contributed by atoms with Crippen LogP contribution in [0.2, 0.25) is 18.0 Å². The summed E-state index contributed by atoms with van der Waals surface area (Å²) in [7, 11) is 0. The van der Waals surface area contributed by atoms with Crippen LogP contribution in [0.15, 0.2) is 42.5 Å². The molecule has 2 fully saturated rings. The van der Waals surface area contributed by atoms with Crippen LogP contribution in [0.25, 0.3) is 0 Å². The number of allylic oxidation sites excluding steroid dienone is 1. The number of hydrogen-bond acceptors (Lipinski definition) is 2. The van der Waals surface area contributed by atoms with Crippen molar-refractivity contribution >= 4 is 12.7 Å². The quantitative estimate of drug-likeness (QED) is 0.324. The fraction of sp³-hybridized carbons (Fsp3) is 0.625. The van der Waals surface area contributed by atoms with Crippen molar-refractivity contribution in [2.45, 2.75) is 88.3 Å². The van der Waals surface area contributed by atoms with Crippen molar-refractivity contribution in [3.05, 3.63) is 48.0 Å². The van der Waals surface area contributed by atoms with Crippen LogP contribution < -0.4 is 0 Å². The zero-order valence-corrected chi connectivity index (χ0v) is 16.5. The van der Waals surface area contributed by atoms with Crippen LogP contribution in [-0.2, 0) is 4.74 Å². The molecule has 144 valence electrons.